The first kappa shape index (κ1) is 19.0. The highest BCUT2D eigenvalue weighted by Crippen LogP contribution is 2.19. The average Bonchev–Trinajstić information content (AvgIpc) is 2.57. The van der Waals surface area contributed by atoms with Crippen LogP contribution in [-0.4, -0.2) is 27.9 Å². The topological polar surface area (TPSA) is 110 Å². The predicted octanol–water partition coefficient (Wildman–Crippen LogP) is 2.23. The highest BCUT2D eigenvalue weighted by molar-refractivity contribution is 5.85. The van der Waals surface area contributed by atoms with Crippen molar-refractivity contribution >= 4 is 17.6 Å². The zero-order chi connectivity index (χ0) is 19.3. The molecule has 0 bridgehead atoms. The van der Waals surface area contributed by atoms with Gasteiger partial charge >= 0.3 is 5.97 Å². The third-order valence-electron chi connectivity index (χ3n) is 3.61. The number of aliphatic carboxylic acids is 1. The molecule has 1 atom stereocenters. The van der Waals surface area contributed by atoms with Gasteiger partial charge in [-0.15, -0.1) is 0 Å². The van der Waals surface area contributed by atoms with Crippen LogP contribution < -0.4 is 5.32 Å². The second-order valence-electron chi connectivity index (χ2n) is 5.46. The number of nitrogens with zero attached hydrogens (tertiary/aromatic N) is 1. The van der Waals surface area contributed by atoms with Crippen LogP contribution in [-0.2, 0) is 22.4 Å². The quantitative estimate of drug-likeness (QED) is 0.578. The van der Waals surface area contributed by atoms with Crippen molar-refractivity contribution in [3.63, 3.8) is 0 Å². The molecule has 1 amide bonds. The van der Waals surface area contributed by atoms with Gasteiger partial charge in [-0.3, -0.25) is 14.9 Å². The van der Waals surface area contributed by atoms with E-state index in [1.54, 1.807) is 0 Å². The zero-order valence-corrected chi connectivity index (χ0v) is 13.3. The molecule has 2 aromatic carbocycles. The number of benzene rings is 2. The molecule has 0 heterocycles. The minimum absolute atomic E-state index is 0.0984. The molecule has 136 valence electrons. The summed E-state index contributed by atoms with van der Waals surface area (Å²) in [4.78, 5) is 33.7. The minimum Gasteiger partial charge on any atom is -0.480 e. The third kappa shape index (κ3) is 4.82. The predicted molar refractivity (Wildman–Crippen MR) is 86.4 cm³/mol. The number of para-hydroxylation sites is 1. The maximum Gasteiger partial charge on any atom is 0.326 e. The van der Waals surface area contributed by atoms with E-state index in [1.165, 1.54) is 24.3 Å². The van der Waals surface area contributed by atoms with Gasteiger partial charge in [0.15, 0.2) is 0 Å². The van der Waals surface area contributed by atoms with Gasteiger partial charge in [-0.1, -0.05) is 24.3 Å². The first-order chi connectivity index (χ1) is 12.3. The number of rotatable bonds is 7. The maximum absolute atomic E-state index is 13.6. The number of hydrogen-bond donors (Lipinski definition) is 2. The Balaban J connectivity index is 2.12. The van der Waals surface area contributed by atoms with E-state index in [-0.39, 0.29) is 23.2 Å². The molecule has 0 unspecified atom stereocenters. The Morgan fingerprint density at radius 2 is 1.85 bits per heavy atom. The van der Waals surface area contributed by atoms with Gasteiger partial charge in [-0.25, -0.2) is 13.6 Å². The molecule has 2 N–H and O–H groups in total. The summed E-state index contributed by atoms with van der Waals surface area (Å²) in [6.45, 7) is 0. The lowest BCUT2D eigenvalue weighted by atomic mass is 10.0. The summed E-state index contributed by atoms with van der Waals surface area (Å²) in [6, 6.07) is 6.81. The van der Waals surface area contributed by atoms with E-state index < -0.39 is 40.9 Å². The number of carbonyl (C=O) groups is 2. The number of halogens is 2. The summed E-state index contributed by atoms with van der Waals surface area (Å²) < 4.78 is 26.5. The van der Waals surface area contributed by atoms with Gasteiger partial charge in [0.25, 0.3) is 5.69 Å². The monoisotopic (exact) mass is 364 g/mol. The van der Waals surface area contributed by atoms with E-state index in [4.69, 9.17) is 0 Å². The number of nitro benzene ring substituents is 1. The summed E-state index contributed by atoms with van der Waals surface area (Å²) in [5.74, 6) is -3.92. The second kappa shape index (κ2) is 8.15. The van der Waals surface area contributed by atoms with Crippen LogP contribution in [0.1, 0.15) is 11.1 Å². The third-order valence-corrected chi connectivity index (χ3v) is 3.61. The number of carboxylic acids is 1. The normalized spacial score (nSPS) is 11.6. The summed E-state index contributed by atoms with van der Waals surface area (Å²) in [5.41, 5.74) is -0.227. The van der Waals surface area contributed by atoms with Crippen LogP contribution in [0, 0.1) is 21.7 Å². The standard InChI is InChI=1S/C17H14F2N2O5/c18-12-6-5-10(13(19)9-12)8-16(22)20-14(17(23)24)7-11-3-1-2-4-15(11)21(25)26/h1-6,9,14H,7-8H2,(H,20,22)(H,23,24)/t14-/m1/s1. The van der Waals surface area contributed by atoms with Crippen LogP contribution in [0.4, 0.5) is 14.5 Å². The van der Waals surface area contributed by atoms with Crippen molar-refractivity contribution in [2.75, 3.05) is 0 Å². The number of carboxylic acid groups (broad SMARTS) is 1. The molecule has 0 aliphatic carbocycles. The van der Waals surface area contributed by atoms with E-state index in [2.05, 4.69) is 5.32 Å². The Hall–Kier alpha value is -3.36. The van der Waals surface area contributed by atoms with Crippen LogP contribution in [0.3, 0.4) is 0 Å². The first-order valence-corrected chi connectivity index (χ1v) is 7.46. The lowest BCUT2D eigenvalue weighted by molar-refractivity contribution is -0.385. The summed E-state index contributed by atoms with van der Waals surface area (Å²) in [5, 5.41) is 22.5. The fourth-order valence-electron chi connectivity index (χ4n) is 2.36. The number of amides is 1. The molecule has 0 radical (unpaired) electrons. The molecular weight excluding hydrogens is 350 g/mol. The second-order valence-corrected chi connectivity index (χ2v) is 5.46. The van der Waals surface area contributed by atoms with Crippen molar-refractivity contribution in [3.8, 4) is 0 Å². The Morgan fingerprint density at radius 3 is 2.46 bits per heavy atom. The molecule has 0 saturated heterocycles. The van der Waals surface area contributed by atoms with Gasteiger partial charge in [-0.05, 0) is 11.6 Å². The number of nitro groups is 1. The Kier molecular flexibility index (Phi) is 5.94. The van der Waals surface area contributed by atoms with Gasteiger partial charge in [0.1, 0.15) is 17.7 Å². The number of hydrogen-bond acceptors (Lipinski definition) is 4. The van der Waals surface area contributed by atoms with E-state index >= 15 is 0 Å². The highest BCUT2D eigenvalue weighted by Gasteiger charge is 2.24. The zero-order valence-electron chi connectivity index (χ0n) is 13.3. The van der Waals surface area contributed by atoms with Crippen molar-refractivity contribution in [3.05, 3.63) is 75.3 Å². The summed E-state index contributed by atoms with van der Waals surface area (Å²) >= 11 is 0. The molecule has 0 aliphatic rings. The van der Waals surface area contributed by atoms with E-state index in [0.717, 1.165) is 12.1 Å². The van der Waals surface area contributed by atoms with E-state index in [9.17, 15) is 33.6 Å². The average molecular weight is 364 g/mol. The molecule has 0 aliphatic heterocycles. The molecule has 9 heteroatoms. The highest BCUT2D eigenvalue weighted by atomic mass is 19.1. The molecule has 26 heavy (non-hydrogen) atoms. The fraction of sp³-hybridized carbons (Fsp3) is 0.176. The number of carbonyl (C=O) groups excluding carboxylic acids is 1. The van der Waals surface area contributed by atoms with E-state index in [0.29, 0.717) is 6.07 Å². The first-order valence-electron chi connectivity index (χ1n) is 7.46. The Labute approximate surface area is 146 Å². The number of nitrogens with one attached hydrogen (secondary N) is 1. The fourth-order valence-corrected chi connectivity index (χ4v) is 2.36. The van der Waals surface area contributed by atoms with Crippen LogP contribution >= 0.6 is 0 Å². The van der Waals surface area contributed by atoms with Gasteiger partial charge in [-0.2, -0.15) is 0 Å². The van der Waals surface area contributed by atoms with Crippen LogP contribution in [0.15, 0.2) is 42.5 Å². The lowest BCUT2D eigenvalue weighted by Gasteiger charge is -2.15. The molecule has 2 aromatic rings. The van der Waals surface area contributed by atoms with Gasteiger partial charge in [0.05, 0.1) is 11.3 Å². The molecule has 2 rings (SSSR count). The smallest absolute Gasteiger partial charge is 0.326 e. The van der Waals surface area contributed by atoms with Crippen molar-refractivity contribution in [2.24, 2.45) is 0 Å². The van der Waals surface area contributed by atoms with Crippen molar-refractivity contribution in [1.29, 1.82) is 0 Å². The van der Waals surface area contributed by atoms with Gasteiger partial charge in [0, 0.05) is 24.1 Å². The van der Waals surface area contributed by atoms with Crippen LogP contribution in [0.25, 0.3) is 0 Å². The van der Waals surface area contributed by atoms with Gasteiger partial charge in [0.2, 0.25) is 5.91 Å². The van der Waals surface area contributed by atoms with Crippen molar-refractivity contribution in [1.82, 2.24) is 5.32 Å². The van der Waals surface area contributed by atoms with Crippen LogP contribution in [0.5, 0.6) is 0 Å². The molecule has 0 fully saturated rings. The van der Waals surface area contributed by atoms with E-state index in [1.807, 2.05) is 0 Å². The van der Waals surface area contributed by atoms with Crippen molar-refractivity contribution < 1.29 is 28.4 Å². The van der Waals surface area contributed by atoms with Crippen molar-refractivity contribution in [2.45, 2.75) is 18.9 Å². The molecular formula is C17H14F2N2O5. The maximum atomic E-state index is 13.6. The van der Waals surface area contributed by atoms with Crippen LogP contribution in [0.2, 0.25) is 0 Å². The minimum atomic E-state index is -1.44. The molecule has 0 saturated carbocycles. The molecule has 0 spiro atoms. The Bertz CT molecular complexity index is 857. The van der Waals surface area contributed by atoms with Gasteiger partial charge < -0.3 is 10.4 Å². The summed E-state index contributed by atoms with van der Waals surface area (Å²) in [7, 11) is 0. The lowest BCUT2D eigenvalue weighted by Crippen LogP contribution is -2.43. The largest absolute Gasteiger partial charge is 0.480 e. The Morgan fingerprint density at radius 1 is 1.15 bits per heavy atom. The molecule has 0 aromatic heterocycles. The molecule has 7 nitrogen and oxygen atoms in total. The summed E-state index contributed by atoms with van der Waals surface area (Å²) in [6.07, 6.45) is -0.809. The SMILES string of the molecule is O=C(Cc1ccc(F)cc1F)N[C@H](Cc1ccccc1[N+](=O)[O-])C(=O)O.